The average molecular weight is 290 g/mol. The van der Waals surface area contributed by atoms with E-state index in [0.717, 1.165) is 17.4 Å². The van der Waals surface area contributed by atoms with Crippen molar-refractivity contribution in [3.63, 3.8) is 0 Å². The van der Waals surface area contributed by atoms with Gasteiger partial charge in [0.05, 0.1) is 0 Å². The molecule has 4 heteroatoms. The highest BCUT2D eigenvalue weighted by Gasteiger charge is 2.07. The van der Waals surface area contributed by atoms with Crippen molar-refractivity contribution in [2.75, 3.05) is 13.2 Å². The van der Waals surface area contributed by atoms with Gasteiger partial charge in [0.2, 0.25) is 0 Å². The third-order valence-electron chi connectivity index (χ3n) is 2.37. The van der Waals surface area contributed by atoms with Crippen LogP contribution in [-0.4, -0.2) is 24.3 Å². The van der Waals surface area contributed by atoms with Crippen LogP contribution in [0.4, 0.5) is 4.39 Å². The third kappa shape index (κ3) is 4.60. The molecule has 1 unspecified atom stereocenters. The Morgan fingerprint density at radius 1 is 1.50 bits per heavy atom. The number of nitrogens with one attached hydrogen (secondary N) is 1. The van der Waals surface area contributed by atoms with E-state index >= 15 is 0 Å². The van der Waals surface area contributed by atoms with Crippen LogP contribution in [-0.2, 0) is 6.42 Å². The standard InChI is InChI=1S/C12H17BrFNO/c1-9(15-5-2-6-16)7-10-3-4-11(13)8-12(10)14/h3-4,8-9,15-16H,2,5-7H2,1H3. The average Bonchev–Trinajstić information content (AvgIpc) is 2.23. The number of halogens is 2. The van der Waals surface area contributed by atoms with Gasteiger partial charge in [-0.2, -0.15) is 0 Å². The van der Waals surface area contributed by atoms with Gasteiger partial charge in [0.1, 0.15) is 5.82 Å². The minimum Gasteiger partial charge on any atom is -0.396 e. The highest BCUT2D eigenvalue weighted by atomic mass is 79.9. The van der Waals surface area contributed by atoms with E-state index in [9.17, 15) is 4.39 Å². The van der Waals surface area contributed by atoms with E-state index in [4.69, 9.17) is 5.11 Å². The second-order valence-corrected chi connectivity index (χ2v) is 4.79. The molecule has 0 aliphatic heterocycles. The van der Waals surface area contributed by atoms with Crippen molar-refractivity contribution < 1.29 is 9.50 Å². The van der Waals surface area contributed by atoms with Gasteiger partial charge in [-0.15, -0.1) is 0 Å². The first-order chi connectivity index (χ1) is 7.63. The van der Waals surface area contributed by atoms with Crippen LogP contribution < -0.4 is 5.32 Å². The fourth-order valence-electron chi connectivity index (χ4n) is 1.52. The first kappa shape index (κ1) is 13.6. The Balaban J connectivity index is 2.46. The summed E-state index contributed by atoms with van der Waals surface area (Å²) >= 11 is 3.23. The quantitative estimate of drug-likeness (QED) is 0.789. The molecule has 16 heavy (non-hydrogen) atoms. The normalized spacial score (nSPS) is 12.8. The number of rotatable bonds is 6. The van der Waals surface area contributed by atoms with Crippen LogP contribution in [0.25, 0.3) is 0 Å². The van der Waals surface area contributed by atoms with Gasteiger partial charge in [-0.05, 0) is 44.0 Å². The summed E-state index contributed by atoms with van der Waals surface area (Å²) in [7, 11) is 0. The van der Waals surface area contributed by atoms with Crippen molar-refractivity contribution in [3.05, 3.63) is 34.1 Å². The highest BCUT2D eigenvalue weighted by Crippen LogP contribution is 2.16. The zero-order valence-corrected chi connectivity index (χ0v) is 10.9. The Morgan fingerprint density at radius 2 is 2.25 bits per heavy atom. The summed E-state index contributed by atoms with van der Waals surface area (Å²) in [5, 5.41) is 11.9. The molecule has 0 spiro atoms. The molecule has 2 N–H and O–H groups in total. The Bertz CT molecular complexity index is 333. The molecule has 0 radical (unpaired) electrons. The number of benzene rings is 1. The second kappa shape index (κ2) is 6.99. The van der Waals surface area contributed by atoms with Crippen LogP contribution in [0.15, 0.2) is 22.7 Å². The first-order valence-corrected chi connectivity index (χ1v) is 6.21. The lowest BCUT2D eigenvalue weighted by Gasteiger charge is -2.14. The summed E-state index contributed by atoms with van der Waals surface area (Å²) in [6.07, 6.45) is 1.39. The maximum Gasteiger partial charge on any atom is 0.127 e. The Hall–Kier alpha value is -0.450. The van der Waals surface area contributed by atoms with Gasteiger partial charge in [0.15, 0.2) is 0 Å². The molecule has 0 aliphatic carbocycles. The van der Waals surface area contributed by atoms with E-state index in [2.05, 4.69) is 21.2 Å². The van der Waals surface area contributed by atoms with Crippen LogP contribution in [0.5, 0.6) is 0 Å². The molecule has 90 valence electrons. The van der Waals surface area contributed by atoms with E-state index in [0.29, 0.717) is 12.0 Å². The van der Waals surface area contributed by atoms with Crippen LogP contribution in [0.2, 0.25) is 0 Å². The van der Waals surface area contributed by atoms with Crippen molar-refractivity contribution in [2.45, 2.75) is 25.8 Å². The fourth-order valence-corrected chi connectivity index (χ4v) is 1.85. The number of hydrogen-bond donors (Lipinski definition) is 2. The molecular formula is C12H17BrFNO. The molecule has 1 aromatic rings. The lowest BCUT2D eigenvalue weighted by molar-refractivity contribution is 0.283. The van der Waals surface area contributed by atoms with Crippen molar-refractivity contribution >= 4 is 15.9 Å². The predicted molar refractivity (Wildman–Crippen MR) is 67.0 cm³/mol. The highest BCUT2D eigenvalue weighted by molar-refractivity contribution is 9.10. The zero-order valence-electron chi connectivity index (χ0n) is 9.34. The zero-order chi connectivity index (χ0) is 12.0. The molecule has 0 heterocycles. The van der Waals surface area contributed by atoms with E-state index in [1.807, 2.05) is 13.0 Å². The monoisotopic (exact) mass is 289 g/mol. The van der Waals surface area contributed by atoms with Crippen molar-refractivity contribution in [1.29, 1.82) is 0 Å². The topological polar surface area (TPSA) is 32.3 Å². The minimum atomic E-state index is -0.176. The second-order valence-electron chi connectivity index (χ2n) is 3.87. The third-order valence-corrected chi connectivity index (χ3v) is 2.86. The van der Waals surface area contributed by atoms with Crippen molar-refractivity contribution in [2.24, 2.45) is 0 Å². The van der Waals surface area contributed by atoms with Gasteiger partial charge in [0, 0.05) is 17.1 Å². The Kier molecular flexibility index (Phi) is 5.95. The summed E-state index contributed by atoms with van der Waals surface area (Å²) in [6.45, 7) is 2.96. The molecule has 0 bridgehead atoms. The molecule has 1 aromatic carbocycles. The molecule has 1 rings (SSSR count). The van der Waals surface area contributed by atoms with E-state index < -0.39 is 0 Å². The molecule has 2 nitrogen and oxygen atoms in total. The lowest BCUT2D eigenvalue weighted by atomic mass is 10.1. The number of aliphatic hydroxyl groups excluding tert-OH is 1. The van der Waals surface area contributed by atoms with Gasteiger partial charge in [-0.25, -0.2) is 4.39 Å². The number of hydrogen-bond acceptors (Lipinski definition) is 2. The molecule has 0 fully saturated rings. The van der Waals surface area contributed by atoms with Gasteiger partial charge in [-0.1, -0.05) is 22.0 Å². The van der Waals surface area contributed by atoms with Gasteiger partial charge < -0.3 is 10.4 Å². The van der Waals surface area contributed by atoms with Gasteiger partial charge >= 0.3 is 0 Å². The van der Waals surface area contributed by atoms with Crippen LogP contribution in [0.1, 0.15) is 18.9 Å². The smallest absolute Gasteiger partial charge is 0.127 e. The van der Waals surface area contributed by atoms with Gasteiger partial charge in [0.25, 0.3) is 0 Å². The molecule has 0 amide bonds. The van der Waals surface area contributed by atoms with Gasteiger partial charge in [-0.3, -0.25) is 0 Å². The molecule has 0 saturated carbocycles. The molecule has 0 saturated heterocycles. The number of aliphatic hydroxyl groups is 1. The Morgan fingerprint density at radius 3 is 2.88 bits per heavy atom. The molecular weight excluding hydrogens is 273 g/mol. The SMILES string of the molecule is CC(Cc1ccc(Br)cc1F)NCCCO. The summed E-state index contributed by atoms with van der Waals surface area (Å²) in [5.74, 6) is -0.176. The van der Waals surface area contributed by atoms with E-state index in [-0.39, 0.29) is 18.5 Å². The first-order valence-electron chi connectivity index (χ1n) is 5.41. The summed E-state index contributed by atoms with van der Waals surface area (Å²) in [6, 6.07) is 5.33. The molecule has 0 aliphatic rings. The Labute approximate surface area is 104 Å². The van der Waals surface area contributed by atoms with Crippen LogP contribution in [0.3, 0.4) is 0 Å². The lowest BCUT2D eigenvalue weighted by Crippen LogP contribution is -2.29. The fraction of sp³-hybridized carbons (Fsp3) is 0.500. The van der Waals surface area contributed by atoms with Crippen molar-refractivity contribution in [1.82, 2.24) is 5.32 Å². The molecule has 0 aromatic heterocycles. The summed E-state index contributed by atoms with van der Waals surface area (Å²) in [4.78, 5) is 0. The predicted octanol–water partition coefficient (Wildman–Crippen LogP) is 2.49. The summed E-state index contributed by atoms with van der Waals surface area (Å²) < 4.78 is 14.3. The maximum absolute atomic E-state index is 13.5. The minimum absolute atomic E-state index is 0.176. The van der Waals surface area contributed by atoms with E-state index in [1.165, 1.54) is 6.07 Å². The molecule has 1 atom stereocenters. The summed E-state index contributed by atoms with van der Waals surface area (Å²) in [5.41, 5.74) is 0.715. The van der Waals surface area contributed by atoms with Crippen molar-refractivity contribution in [3.8, 4) is 0 Å². The maximum atomic E-state index is 13.5. The largest absolute Gasteiger partial charge is 0.396 e. The van der Waals surface area contributed by atoms with Crippen LogP contribution >= 0.6 is 15.9 Å². The van der Waals surface area contributed by atoms with Crippen LogP contribution in [0, 0.1) is 5.82 Å². The van der Waals surface area contributed by atoms with E-state index in [1.54, 1.807) is 6.07 Å².